The zero-order valence-electron chi connectivity index (χ0n) is 13.2. The van der Waals surface area contributed by atoms with Gasteiger partial charge in [-0.15, -0.1) is 11.8 Å². The molecule has 0 unspecified atom stereocenters. The summed E-state index contributed by atoms with van der Waals surface area (Å²) in [6.07, 6.45) is -0.0395. The molecule has 5 nitrogen and oxygen atoms in total. The maximum absolute atomic E-state index is 12.8. The summed E-state index contributed by atoms with van der Waals surface area (Å²) in [6, 6.07) is 14.6. The number of thioether (sulfide) groups is 1. The minimum Gasteiger partial charge on any atom is -0.455 e. The van der Waals surface area contributed by atoms with E-state index in [4.69, 9.17) is 10.00 Å². The zero-order valence-corrected chi connectivity index (χ0v) is 14.0. The summed E-state index contributed by atoms with van der Waals surface area (Å²) in [5.41, 5.74) is 1.16. The van der Waals surface area contributed by atoms with Crippen LogP contribution >= 0.6 is 11.8 Å². The average molecular weight is 358 g/mol. The Labute approximate surface area is 148 Å². The van der Waals surface area contributed by atoms with Crippen molar-refractivity contribution in [3.8, 4) is 6.07 Å². The van der Waals surface area contributed by atoms with Crippen LogP contribution in [0.3, 0.4) is 0 Å². The smallest absolute Gasteiger partial charge is 0.310 e. The third kappa shape index (κ3) is 6.28. The molecule has 1 amide bonds. The fraction of sp³-hybridized carbons (Fsp3) is 0.167. The van der Waals surface area contributed by atoms with Gasteiger partial charge in [0.15, 0.2) is 6.61 Å². The number of amides is 1. The summed E-state index contributed by atoms with van der Waals surface area (Å²) in [4.78, 5) is 24.4. The zero-order chi connectivity index (χ0) is 18.1. The van der Waals surface area contributed by atoms with E-state index in [0.717, 1.165) is 4.90 Å². The molecule has 0 atom stereocenters. The summed E-state index contributed by atoms with van der Waals surface area (Å²) in [5.74, 6) is -1.17. The second kappa shape index (κ2) is 9.45. The van der Waals surface area contributed by atoms with Gasteiger partial charge in [0.2, 0.25) is 0 Å². The standard InChI is InChI=1S/C18H15FN2O3S/c19-14-7-5-13(6-8-14)11-18(23)24-12-17(22)21-15-3-1-2-4-16(15)25-10-9-20/h1-8H,10-12H2,(H,21,22). The highest BCUT2D eigenvalue weighted by atomic mass is 32.2. The van der Waals surface area contributed by atoms with Crippen molar-refractivity contribution < 1.29 is 18.7 Å². The van der Waals surface area contributed by atoms with Gasteiger partial charge in [0.05, 0.1) is 23.9 Å². The molecule has 0 radical (unpaired) electrons. The van der Waals surface area contributed by atoms with E-state index >= 15 is 0 Å². The molecule has 0 fully saturated rings. The number of hydrogen-bond acceptors (Lipinski definition) is 5. The quantitative estimate of drug-likeness (QED) is 0.607. The summed E-state index contributed by atoms with van der Waals surface area (Å²) < 4.78 is 17.7. The second-order valence-corrected chi connectivity index (χ2v) is 5.97. The third-order valence-corrected chi connectivity index (χ3v) is 4.02. The molecule has 0 aliphatic carbocycles. The van der Waals surface area contributed by atoms with Crippen LogP contribution in [0.15, 0.2) is 53.4 Å². The maximum Gasteiger partial charge on any atom is 0.310 e. The Morgan fingerprint density at radius 1 is 1.16 bits per heavy atom. The van der Waals surface area contributed by atoms with Crippen molar-refractivity contribution in [2.75, 3.05) is 17.7 Å². The molecule has 0 bridgehead atoms. The van der Waals surface area contributed by atoms with Crippen molar-refractivity contribution >= 4 is 29.3 Å². The number of anilines is 1. The normalized spacial score (nSPS) is 9.92. The Balaban J connectivity index is 1.83. The highest BCUT2D eigenvalue weighted by Gasteiger charge is 2.11. The molecule has 0 saturated heterocycles. The first kappa shape index (κ1) is 18.5. The lowest BCUT2D eigenvalue weighted by Gasteiger charge is -2.10. The summed E-state index contributed by atoms with van der Waals surface area (Å²) in [6.45, 7) is -0.419. The first-order chi connectivity index (χ1) is 12.1. The Hall–Kier alpha value is -2.85. The molecule has 25 heavy (non-hydrogen) atoms. The summed E-state index contributed by atoms with van der Waals surface area (Å²) in [5, 5.41) is 11.3. The number of ether oxygens (including phenoxy) is 1. The molecule has 0 spiro atoms. The Morgan fingerprint density at radius 3 is 2.60 bits per heavy atom. The number of para-hydroxylation sites is 1. The molecule has 0 aliphatic heterocycles. The molecule has 2 aromatic rings. The first-order valence-corrected chi connectivity index (χ1v) is 8.35. The Kier molecular flexibility index (Phi) is 6.99. The van der Waals surface area contributed by atoms with Crippen LogP contribution < -0.4 is 5.32 Å². The highest BCUT2D eigenvalue weighted by Crippen LogP contribution is 2.26. The van der Waals surface area contributed by atoms with E-state index in [1.807, 2.05) is 6.07 Å². The van der Waals surface area contributed by atoms with Gasteiger partial charge in [0, 0.05) is 4.90 Å². The lowest BCUT2D eigenvalue weighted by molar-refractivity contribution is -0.146. The fourth-order valence-corrected chi connectivity index (χ4v) is 2.63. The highest BCUT2D eigenvalue weighted by molar-refractivity contribution is 7.99. The lowest BCUT2D eigenvalue weighted by atomic mass is 10.1. The van der Waals surface area contributed by atoms with E-state index in [1.54, 1.807) is 24.3 Å². The van der Waals surface area contributed by atoms with Gasteiger partial charge in [-0.3, -0.25) is 9.59 Å². The van der Waals surface area contributed by atoms with Crippen LogP contribution in [0.2, 0.25) is 0 Å². The van der Waals surface area contributed by atoms with E-state index < -0.39 is 18.5 Å². The second-order valence-electron chi connectivity index (χ2n) is 4.96. The summed E-state index contributed by atoms with van der Waals surface area (Å²) >= 11 is 1.30. The molecular formula is C18H15FN2O3S. The molecule has 2 aromatic carbocycles. The number of halogens is 1. The first-order valence-electron chi connectivity index (χ1n) is 7.37. The van der Waals surface area contributed by atoms with Crippen LogP contribution in [0.25, 0.3) is 0 Å². The van der Waals surface area contributed by atoms with Crippen LogP contribution in [0.4, 0.5) is 10.1 Å². The van der Waals surface area contributed by atoms with Gasteiger partial charge in [-0.1, -0.05) is 24.3 Å². The minimum atomic E-state index is -0.575. The van der Waals surface area contributed by atoms with E-state index in [0.29, 0.717) is 11.3 Å². The third-order valence-electron chi connectivity index (χ3n) is 3.08. The molecule has 0 heterocycles. The fourth-order valence-electron chi connectivity index (χ4n) is 1.96. The van der Waals surface area contributed by atoms with Gasteiger partial charge >= 0.3 is 5.97 Å². The van der Waals surface area contributed by atoms with Crippen LogP contribution in [0, 0.1) is 17.1 Å². The number of carbonyl (C=O) groups excluding carboxylic acids is 2. The predicted octanol–water partition coefficient (Wildman–Crippen LogP) is 3.17. The topological polar surface area (TPSA) is 79.2 Å². The molecule has 2 rings (SSSR count). The number of hydrogen-bond donors (Lipinski definition) is 1. The molecule has 7 heteroatoms. The van der Waals surface area contributed by atoms with E-state index in [1.165, 1.54) is 36.0 Å². The van der Waals surface area contributed by atoms with Gasteiger partial charge in [0.1, 0.15) is 5.82 Å². The van der Waals surface area contributed by atoms with Crippen molar-refractivity contribution in [2.45, 2.75) is 11.3 Å². The largest absolute Gasteiger partial charge is 0.455 e. The molecular weight excluding hydrogens is 343 g/mol. The van der Waals surface area contributed by atoms with Crippen molar-refractivity contribution in [3.05, 3.63) is 59.9 Å². The Bertz CT molecular complexity index is 788. The monoisotopic (exact) mass is 358 g/mol. The van der Waals surface area contributed by atoms with Gasteiger partial charge in [0.25, 0.3) is 5.91 Å². The molecule has 0 aromatic heterocycles. The number of carbonyl (C=O) groups is 2. The van der Waals surface area contributed by atoms with Gasteiger partial charge < -0.3 is 10.1 Å². The van der Waals surface area contributed by atoms with Crippen molar-refractivity contribution in [1.29, 1.82) is 5.26 Å². The molecule has 128 valence electrons. The van der Waals surface area contributed by atoms with Gasteiger partial charge in [-0.25, -0.2) is 4.39 Å². The molecule has 1 N–H and O–H groups in total. The van der Waals surface area contributed by atoms with Crippen LogP contribution in [-0.2, 0) is 20.7 Å². The predicted molar refractivity (Wildman–Crippen MR) is 92.5 cm³/mol. The maximum atomic E-state index is 12.8. The van der Waals surface area contributed by atoms with E-state index in [-0.39, 0.29) is 18.0 Å². The van der Waals surface area contributed by atoms with E-state index in [2.05, 4.69) is 5.32 Å². The van der Waals surface area contributed by atoms with Crippen molar-refractivity contribution in [3.63, 3.8) is 0 Å². The molecule has 0 aliphatic rings. The molecule has 0 saturated carbocycles. The minimum absolute atomic E-state index is 0.0395. The number of nitrogens with zero attached hydrogens (tertiary/aromatic N) is 1. The number of rotatable bonds is 7. The van der Waals surface area contributed by atoms with Gasteiger partial charge in [-0.05, 0) is 29.8 Å². The lowest BCUT2D eigenvalue weighted by Crippen LogP contribution is -2.22. The number of nitrogens with one attached hydrogen (secondary N) is 1. The number of benzene rings is 2. The van der Waals surface area contributed by atoms with Crippen molar-refractivity contribution in [1.82, 2.24) is 0 Å². The summed E-state index contributed by atoms with van der Waals surface area (Å²) in [7, 11) is 0. The SMILES string of the molecule is N#CCSc1ccccc1NC(=O)COC(=O)Cc1ccc(F)cc1. The van der Waals surface area contributed by atoms with E-state index in [9.17, 15) is 14.0 Å². The Morgan fingerprint density at radius 2 is 1.88 bits per heavy atom. The number of nitriles is 1. The van der Waals surface area contributed by atoms with Crippen LogP contribution in [0.5, 0.6) is 0 Å². The van der Waals surface area contributed by atoms with Crippen LogP contribution in [0.1, 0.15) is 5.56 Å². The average Bonchev–Trinajstić information content (AvgIpc) is 2.61. The number of esters is 1. The van der Waals surface area contributed by atoms with Crippen LogP contribution in [-0.4, -0.2) is 24.2 Å². The van der Waals surface area contributed by atoms with Gasteiger partial charge in [-0.2, -0.15) is 5.26 Å². The van der Waals surface area contributed by atoms with Crippen molar-refractivity contribution in [2.24, 2.45) is 0 Å².